The smallest absolute Gasteiger partial charge is 0.237 e. The van der Waals surface area contributed by atoms with Gasteiger partial charge in [-0.1, -0.05) is 59.3 Å². The third kappa shape index (κ3) is 2.95. The number of imide groups is 1. The summed E-state index contributed by atoms with van der Waals surface area (Å²) in [6.45, 7) is 3.99. The second-order valence-corrected chi connectivity index (χ2v) is 6.87. The van der Waals surface area contributed by atoms with E-state index >= 15 is 0 Å². The fraction of sp³-hybridized carbons (Fsp3) is 0.263. The average molecular weight is 372 g/mol. The lowest BCUT2D eigenvalue weighted by Crippen LogP contribution is -2.31. The Hall–Kier alpha value is -1.94. The van der Waals surface area contributed by atoms with Crippen molar-refractivity contribution >= 4 is 33.4 Å². The molecule has 118 valence electrons. The highest BCUT2D eigenvalue weighted by atomic mass is 79.9. The van der Waals surface area contributed by atoms with E-state index in [4.69, 9.17) is 0 Å². The summed E-state index contributed by atoms with van der Waals surface area (Å²) in [7, 11) is 0. The van der Waals surface area contributed by atoms with Crippen molar-refractivity contribution in [3.63, 3.8) is 0 Å². The van der Waals surface area contributed by atoms with Crippen LogP contribution in [0.4, 0.5) is 5.69 Å². The van der Waals surface area contributed by atoms with Crippen molar-refractivity contribution < 1.29 is 9.59 Å². The molecule has 2 aromatic rings. The number of hydrogen-bond donors (Lipinski definition) is 0. The Morgan fingerprint density at radius 3 is 2.48 bits per heavy atom. The Bertz CT molecular complexity index is 757. The summed E-state index contributed by atoms with van der Waals surface area (Å²) in [5, 5.41) is 0. The van der Waals surface area contributed by atoms with E-state index in [0.29, 0.717) is 5.69 Å². The fourth-order valence-corrected chi connectivity index (χ4v) is 3.39. The van der Waals surface area contributed by atoms with Gasteiger partial charge in [-0.05, 0) is 36.1 Å². The lowest BCUT2D eigenvalue weighted by atomic mass is 9.86. The summed E-state index contributed by atoms with van der Waals surface area (Å²) >= 11 is 3.46. The predicted octanol–water partition coefficient (Wildman–Crippen LogP) is 4.44. The molecule has 0 saturated carbocycles. The van der Waals surface area contributed by atoms with Crippen LogP contribution in [0.1, 0.15) is 30.4 Å². The zero-order chi connectivity index (χ0) is 16.6. The van der Waals surface area contributed by atoms with E-state index in [1.165, 1.54) is 4.90 Å². The van der Waals surface area contributed by atoms with Crippen molar-refractivity contribution in [2.24, 2.45) is 5.92 Å². The first kappa shape index (κ1) is 15.9. The highest BCUT2D eigenvalue weighted by molar-refractivity contribution is 9.10. The van der Waals surface area contributed by atoms with Crippen LogP contribution in [0.5, 0.6) is 0 Å². The SMILES string of the molecule is Cc1ccc(N2C(=O)C[C@@H]([C@H](C)c3ccccc3)C2=O)cc1Br. The van der Waals surface area contributed by atoms with E-state index < -0.39 is 0 Å². The number of aryl methyl sites for hydroxylation is 1. The highest BCUT2D eigenvalue weighted by Gasteiger charge is 2.42. The van der Waals surface area contributed by atoms with Crippen LogP contribution in [0, 0.1) is 12.8 Å². The monoisotopic (exact) mass is 371 g/mol. The van der Waals surface area contributed by atoms with Gasteiger partial charge in [0.15, 0.2) is 0 Å². The Balaban J connectivity index is 1.89. The summed E-state index contributed by atoms with van der Waals surface area (Å²) < 4.78 is 0.898. The average Bonchev–Trinajstić information content (AvgIpc) is 2.85. The molecule has 0 bridgehead atoms. The van der Waals surface area contributed by atoms with Crippen molar-refractivity contribution in [1.82, 2.24) is 0 Å². The predicted molar refractivity (Wildman–Crippen MR) is 94.3 cm³/mol. The highest BCUT2D eigenvalue weighted by Crippen LogP contribution is 2.36. The third-order valence-corrected chi connectivity index (χ3v) is 5.38. The van der Waals surface area contributed by atoms with Crippen molar-refractivity contribution in [3.05, 3.63) is 64.1 Å². The minimum Gasteiger partial charge on any atom is -0.274 e. The molecule has 1 aliphatic rings. The molecule has 2 aromatic carbocycles. The molecule has 1 saturated heterocycles. The van der Waals surface area contributed by atoms with Gasteiger partial charge in [-0.3, -0.25) is 14.5 Å². The molecule has 0 aliphatic carbocycles. The fourth-order valence-electron chi connectivity index (χ4n) is 3.03. The molecule has 23 heavy (non-hydrogen) atoms. The quantitative estimate of drug-likeness (QED) is 0.747. The molecule has 0 spiro atoms. The molecule has 4 heteroatoms. The van der Waals surface area contributed by atoms with Gasteiger partial charge < -0.3 is 0 Å². The van der Waals surface area contributed by atoms with E-state index in [-0.39, 0.29) is 30.1 Å². The first-order valence-corrected chi connectivity index (χ1v) is 8.46. The number of amides is 2. The number of carbonyl (C=O) groups excluding carboxylic acids is 2. The van der Waals surface area contributed by atoms with Crippen LogP contribution in [0.25, 0.3) is 0 Å². The van der Waals surface area contributed by atoms with Gasteiger partial charge in [-0.25, -0.2) is 0 Å². The molecule has 0 aromatic heterocycles. The number of benzene rings is 2. The van der Waals surface area contributed by atoms with Gasteiger partial charge in [0.1, 0.15) is 0 Å². The van der Waals surface area contributed by atoms with Crippen LogP contribution in [0.3, 0.4) is 0 Å². The maximum atomic E-state index is 12.8. The molecular formula is C19H18BrNO2. The van der Waals surface area contributed by atoms with E-state index in [1.54, 1.807) is 0 Å². The molecular weight excluding hydrogens is 354 g/mol. The van der Waals surface area contributed by atoms with Crippen molar-refractivity contribution in [2.75, 3.05) is 4.90 Å². The summed E-state index contributed by atoms with van der Waals surface area (Å²) in [4.78, 5) is 26.6. The number of carbonyl (C=O) groups is 2. The first-order chi connectivity index (χ1) is 11.0. The van der Waals surface area contributed by atoms with E-state index in [1.807, 2.05) is 62.4 Å². The maximum Gasteiger partial charge on any atom is 0.237 e. The van der Waals surface area contributed by atoms with E-state index in [2.05, 4.69) is 15.9 Å². The third-order valence-electron chi connectivity index (χ3n) is 4.52. The largest absolute Gasteiger partial charge is 0.274 e. The standard InChI is InChI=1S/C19H18BrNO2/c1-12-8-9-15(10-17(12)20)21-18(22)11-16(19(21)23)13(2)14-6-4-3-5-7-14/h3-10,13,16H,11H2,1-2H3/t13-,16+/m1/s1. The van der Waals surface area contributed by atoms with Gasteiger partial charge in [0, 0.05) is 10.9 Å². The van der Waals surface area contributed by atoms with Gasteiger partial charge in [0.2, 0.25) is 11.8 Å². The first-order valence-electron chi connectivity index (χ1n) is 7.67. The van der Waals surface area contributed by atoms with Crippen LogP contribution in [-0.4, -0.2) is 11.8 Å². The second kappa shape index (κ2) is 6.28. The van der Waals surface area contributed by atoms with Crippen molar-refractivity contribution in [3.8, 4) is 0 Å². The van der Waals surface area contributed by atoms with E-state index in [9.17, 15) is 9.59 Å². The Morgan fingerprint density at radius 1 is 1.13 bits per heavy atom. The number of nitrogens with zero attached hydrogens (tertiary/aromatic N) is 1. The number of hydrogen-bond acceptors (Lipinski definition) is 2. The summed E-state index contributed by atoms with van der Waals surface area (Å²) in [6, 6.07) is 15.5. The van der Waals surface area contributed by atoms with Crippen molar-refractivity contribution in [1.29, 1.82) is 0 Å². The molecule has 2 amide bonds. The summed E-state index contributed by atoms with van der Waals surface area (Å²) in [5.74, 6) is -0.517. The topological polar surface area (TPSA) is 37.4 Å². The van der Waals surface area contributed by atoms with Crippen molar-refractivity contribution in [2.45, 2.75) is 26.2 Å². The molecule has 0 radical (unpaired) electrons. The lowest BCUT2D eigenvalue weighted by molar-refractivity contribution is -0.122. The van der Waals surface area contributed by atoms with Gasteiger partial charge in [-0.15, -0.1) is 0 Å². The molecule has 0 unspecified atom stereocenters. The maximum absolute atomic E-state index is 12.8. The zero-order valence-corrected chi connectivity index (χ0v) is 14.7. The zero-order valence-electron chi connectivity index (χ0n) is 13.1. The van der Waals surface area contributed by atoms with Crippen LogP contribution >= 0.6 is 15.9 Å². The summed E-state index contributed by atoms with van der Waals surface area (Å²) in [6.07, 6.45) is 0.264. The molecule has 0 N–H and O–H groups in total. The van der Waals surface area contributed by atoms with Gasteiger partial charge in [0.05, 0.1) is 11.6 Å². The minimum atomic E-state index is -0.301. The normalized spacial score (nSPS) is 19.3. The van der Waals surface area contributed by atoms with Crippen LogP contribution in [0.2, 0.25) is 0 Å². The Labute approximate surface area is 144 Å². The number of rotatable bonds is 3. The number of halogens is 1. The molecule has 1 aliphatic heterocycles. The van der Waals surface area contributed by atoms with Gasteiger partial charge >= 0.3 is 0 Å². The molecule has 3 rings (SSSR count). The Morgan fingerprint density at radius 2 is 1.83 bits per heavy atom. The van der Waals surface area contributed by atoms with Crippen LogP contribution in [-0.2, 0) is 9.59 Å². The number of anilines is 1. The molecule has 1 heterocycles. The summed E-state index contributed by atoms with van der Waals surface area (Å²) in [5.41, 5.74) is 2.80. The van der Waals surface area contributed by atoms with Crippen LogP contribution < -0.4 is 4.90 Å². The molecule has 2 atom stereocenters. The molecule has 3 nitrogen and oxygen atoms in total. The minimum absolute atomic E-state index is 0.0199. The van der Waals surface area contributed by atoms with Gasteiger partial charge in [0.25, 0.3) is 0 Å². The molecule has 1 fully saturated rings. The van der Waals surface area contributed by atoms with Crippen LogP contribution in [0.15, 0.2) is 53.0 Å². The Kier molecular flexibility index (Phi) is 4.35. The van der Waals surface area contributed by atoms with E-state index in [0.717, 1.165) is 15.6 Å². The van der Waals surface area contributed by atoms with Gasteiger partial charge in [-0.2, -0.15) is 0 Å². The second-order valence-electron chi connectivity index (χ2n) is 6.01. The lowest BCUT2D eigenvalue weighted by Gasteiger charge is -2.19.